The molecule has 10 nitrogen and oxygen atoms in total. The number of halogens is 1. The van der Waals surface area contributed by atoms with Crippen LogP contribution in [0, 0.1) is 0 Å². The van der Waals surface area contributed by atoms with Gasteiger partial charge in [-0.25, -0.2) is 22.8 Å². The molecular formula is C26H27FN6O4S. The molecule has 3 N–H and O–H groups in total. The molecule has 0 atom stereocenters. The van der Waals surface area contributed by atoms with Gasteiger partial charge in [0, 0.05) is 37.4 Å². The minimum absolute atomic E-state index is 0.110. The van der Waals surface area contributed by atoms with Gasteiger partial charge in [0.15, 0.2) is 21.3 Å². The second kappa shape index (κ2) is 11.3. The van der Waals surface area contributed by atoms with Crippen molar-refractivity contribution in [3.8, 4) is 34.3 Å². The monoisotopic (exact) mass is 538 g/mol. The molecule has 0 unspecified atom stereocenters. The van der Waals surface area contributed by atoms with Gasteiger partial charge in [0.25, 0.3) is 5.89 Å². The Hall–Kier alpha value is -3.74. The number of hydrogen-bond donors (Lipinski definition) is 2. The lowest BCUT2D eigenvalue weighted by Crippen LogP contribution is -2.28. The van der Waals surface area contributed by atoms with Crippen molar-refractivity contribution < 1.29 is 22.0 Å². The summed E-state index contributed by atoms with van der Waals surface area (Å²) < 4.78 is 49.3. The van der Waals surface area contributed by atoms with Crippen LogP contribution in [0.1, 0.15) is 18.4 Å². The molecule has 1 aliphatic rings. The van der Waals surface area contributed by atoms with Gasteiger partial charge in [-0.15, -0.1) is 10.2 Å². The van der Waals surface area contributed by atoms with Gasteiger partial charge in [-0.05, 0) is 42.7 Å². The Bertz CT molecular complexity index is 1490. The molecule has 0 bridgehead atoms. The topological polar surface area (TPSA) is 146 Å². The molecule has 1 fully saturated rings. The third-order valence-electron chi connectivity index (χ3n) is 6.32. The SMILES string of the molecule is Nc1ncc(-c2ccc(S(=O)(=O)C3CCOCC3)cc2)nc1-c1nnc(-c2ccc(CNCCF)cc2)o1. The first-order valence-electron chi connectivity index (χ1n) is 12.2. The largest absolute Gasteiger partial charge is 0.414 e. The summed E-state index contributed by atoms with van der Waals surface area (Å²) in [6.45, 7) is 1.34. The number of nitrogens with zero attached hydrogens (tertiary/aromatic N) is 4. The van der Waals surface area contributed by atoms with Gasteiger partial charge >= 0.3 is 0 Å². The Morgan fingerprint density at radius 3 is 2.37 bits per heavy atom. The summed E-state index contributed by atoms with van der Waals surface area (Å²) in [5.41, 5.74) is 9.15. The predicted octanol–water partition coefficient (Wildman–Crippen LogP) is 3.45. The first-order chi connectivity index (χ1) is 18.5. The molecule has 1 aliphatic heterocycles. The average molecular weight is 539 g/mol. The van der Waals surface area contributed by atoms with Crippen LogP contribution in [0.2, 0.25) is 0 Å². The zero-order chi connectivity index (χ0) is 26.5. The van der Waals surface area contributed by atoms with Crippen molar-refractivity contribution in [3.63, 3.8) is 0 Å². The summed E-state index contributed by atoms with van der Waals surface area (Å²) in [5, 5.41) is 10.8. The third-order valence-corrected chi connectivity index (χ3v) is 8.59. The zero-order valence-electron chi connectivity index (χ0n) is 20.5. The molecule has 2 aromatic heterocycles. The summed E-state index contributed by atoms with van der Waals surface area (Å²) in [4.78, 5) is 9.06. The van der Waals surface area contributed by atoms with E-state index < -0.39 is 21.8 Å². The van der Waals surface area contributed by atoms with E-state index in [0.29, 0.717) is 56.0 Å². The predicted molar refractivity (Wildman–Crippen MR) is 139 cm³/mol. The maximum atomic E-state index is 13.0. The fourth-order valence-corrected chi connectivity index (χ4v) is 5.90. The van der Waals surface area contributed by atoms with Crippen LogP contribution in [0.25, 0.3) is 34.3 Å². The molecule has 198 valence electrons. The second-order valence-electron chi connectivity index (χ2n) is 8.85. The molecule has 0 radical (unpaired) electrons. The number of hydrogen-bond acceptors (Lipinski definition) is 10. The number of nitrogens with two attached hydrogens (primary N) is 1. The van der Waals surface area contributed by atoms with Crippen molar-refractivity contribution in [2.45, 2.75) is 29.5 Å². The van der Waals surface area contributed by atoms with Crippen molar-refractivity contribution in [1.29, 1.82) is 0 Å². The lowest BCUT2D eigenvalue weighted by Gasteiger charge is -2.22. The summed E-state index contributed by atoms with van der Waals surface area (Å²) in [6, 6.07) is 14.0. The number of nitrogens with one attached hydrogen (secondary N) is 1. The second-order valence-corrected chi connectivity index (χ2v) is 11.1. The van der Waals surface area contributed by atoms with E-state index in [0.717, 1.165) is 5.56 Å². The third kappa shape index (κ3) is 5.57. The molecule has 0 amide bonds. The van der Waals surface area contributed by atoms with E-state index in [9.17, 15) is 12.8 Å². The zero-order valence-corrected chi connectivity index (χ0v) is 21.3. The highest BCUT2D eigenvalue weighted by Gasteiger charge is 2.29. The molecular weight excluding hydrogens is 511 g/mol. The fraction of sp³-hybridized carbons (Fsp3) is 0.308. The molecule has 4 aromatic rings. The fourth-order valence-electron chi connectivity index (χ4n) is 4.19. The van der Waals surface area contributed by atoms with Gasteiger partial charge in [-0.3, -0.25) is 0 Å². The van der Waals surface area contributed by atoms with Crippen LogP contribution in [0.5, 0.6) is 0 Å². The highest BCUT2D eigenvalue weighted by molar-refractivity contribution is 7.92. The minimum atomic E-state index is -3.44. The first kappa shape index (κ1) is 25.9. The van der Waals surface area contributed by atoms with Crippen molar-refractivity contribution in [3.05, 3.63) is 60.3 Å². The van der Waals surface area contributed by atoms with Crippen LogP contribution >= 0.6 is 0 Å². The van der Waals surface area contributed by atoms with E-state index in [1.807, 2.05) is 24.3 Å². The number of ether oxygens (including phenoxy) is 1. The van der Waals surface area contributed by atoms with Crippen LogP contribution in [-0.2, 0) is 21.1 Å². The number of nitrogen functional groups attached to an aromatic ring is 1. The van der Waals surface area contributed by atoms with Gasteiger partial charge < -0.3 is 20.2 Å². The van der Waals surface area contributed by atoms with Crippen molar-refractivity contribution >= 4 is 15.7 Å². The minimum Gasteiger partial charge on any atom is -0.414 e. The standard InChI is InChI=1S/C26H27FN6O4S/c27-11-12-29-15-17-1-3-19(4-2-17)25-32-33-26(37-25)23-24(28)30-16-22(31-23)18-5-7-20(8-6-18)38(34,35)21-9-13-36-14-10-21/h1-8,16,21,29H,9-15H2,(H2,28,30). The van der Waals surface area contributed by atoms with Crippen molar-refractivity contribution in [1.82, 2.24) is 25.5 Å². The van der Waals surface area contributed by atoms with Gasteiger partial charge in [0.05, 0.1) is 22.0 Å². The van der Waals surface area contributed by atoms with Gasteiger partial charge in [-0.2, -0.15) is 0 Å². The molecule has 0 saturated carbocycles. The summed E-state index contributed by atoms with van der Waals surface area (Å²) in [7, 11) is -3.44. The van der Waals surface area contributed by atoms with E-state index in [-0.39, 0.29) is 28.2 Å². The number of benzene rings is 2. The van der Waals surface area contributed by atoms with Crippen LogP contribution in [-0.4, -0.2) is 60.3 Å². The summed E-state index contributed by atoms with van der Waals surface area (Å²) >= 11 is 0. The van der Waals surface area contributed by atoms with Crippen LogP contribution in [0.3, 0.4) is 0 Å². The quantitative estimate of drug-likeness (QED) is 0.304. The van der Waals surface area contributed by atoms with Gasteiger partial charge in [0.2, 0.25) is 5.89 Å². The Balaban J connectivity index is 1.35. The summed E-state index contributed by atoms with van der Waals surface area (Å²) in [5.74, 6) is 0.522. The van der Waals surface area contributed by atoms with Crippen molar-refractivity contribution in [2.75, 3.05) is 32.2 Å². The Morgan fingerprint density at radius 1 is 0.974 bits per heavy atom. The molecule has 0 aliphatic carbocycles. The van der Waals surface area contributed by atoms with E-state index in [1.165, 1.54) is 6.20 Å². The molecule has 1 saturated heterocycles. The Labute approximate surface area is 219 Å². The van der Waals surface area contributed by atoms with E-state index in [4.69, 9.17) is 14.9 Å². The van der Waals surface area contributed by atoms with Gasteiger partial charge in [-0.1, -0.05) is 24.3 Å². The molecule has 2 aromatic carbocycles. The highest BCUT2D eigenvalue weighted by atomic mass is 32.2. The number of anilines is 1. The normalized spacial score (nSPS) is 14.6. The highest BCUT2D eigenvalue weighted by Crippen LogP contribution is 2.29. The number of aromatic nitrogens is 4. The van der Waals surface area contributed by atoms with E-state index in [2.05, 4.69) is 25.5 Å². The number of sulfone groups is 1. The van der Waals surface area contributed by atoms with Crippen molar-refractivity contribution in [2.24, 2.45) is 0 Å². The number of rotatable bonds is 9. The van der Waals surface area contributed by atoms with Crippen LogP contribution in [0.15, 0.2) is 64.0 Å². The first-order valence-corrected chi connectivity index (χ1v) is 13.7. The molecule has 38 heavy (non-hydrogen) atoms. The average Bonchev–Trinajstić information content (AvgIpc) is 3.45. The summed E-state index contributed by atoms with van der Waals surface area (Å²) in [6.07, 6.45) is 2.49. The molecule has 3 heterocycles. The molecule has 0 spiro atoms. The Kier molecular flexibility index (Phi) is 7.72. The maximum Gasteiger partial charge on any atom is 0.270 e. The van der Waals surface area contributed by atoms with Crippen LogP contribution in [0.4, 0.5) is 10.2 Å². The number of alkyl halides is 1. The van der Waals surface area contributed by atoms with Gasteiger partial charge in [0.1, 0.15) is 6.67 Å². The maximum absolute atomic E-state index is 13.0. The Morgan fingerprint density at radius 2 is 1.66 bits per heavy atom. The molecule has 12 heteroatoms. The smallest absolute Gasteiger partial charge is 0.270 e. The lowest BCUT2D eigenvalue weighted by molar-refractivity contribution is 0.0983. The molecule has 5 rings (SSSR count). The lowest BCUT2D eigenvalue weighted by atomic mass is 10.1. The van der Waals surface area contributed by atoms with E-state index >= 15 is 0 Å². The van der Waals surface area contributed by atoms with Crippen LogP contribution < -0.4 is 11.1 Å². The van der Waals surface area contributed by atoms with E-state index in [1.54, 1.807) is 24.3 Å².